The fraction of sp³-hybridized carbons (Fsp3) is 0.0891. The van der Waals surface area contributed by atoms with Crippen LogP contribution in [0.4, 0.5) is 45.5 Å². The molecule has 12 heteroatoms. The first-order valence-corrected chi connectivity index (χ1v) is 38.8. The molecule has 0 fully saturated rings. The van der Waals surface area contributed by atoms with E-state index in [2.05, 4.69) is 374 Å². The fourth-order valence-electron chi connectivity index (χ4n) is 18.9. The van der Waals surface area contributed by atoms with Crippen LogP contribution in [0, 0.1) is 41.5 Å². The van der Waals surface area contributed by atoms with Gasteiger partial charge in [-0.2, -0.15) is 0 Å². The van der Waals surface area contributed by atoms with Crippen LogP contribution in [0.25, 0.3) is 100 Å². The number of aryl methyl sites for hydroxylation is 6. The molecule has 2 N–H and O–H groups in total. The Morgan fingerprint density at radius 1 is 0.319 bits per heavy atom. The summed E-state index contributed by atoms with van der Waals surface area (Å²) >= 11 is 0. The van der Waals surface area contributed by atoms with Crippen LogP contribution in [0.15, 0.2) is 316 Å². The number of rotatable bonds is 10. The van der Waals surface area contributed by atoms with E-state index in [-0.39, 0.29) is 20.9 Å². The molecule has 0 unspecified atom stereocenters. The molecule has 0 radical (unpaired) electrons. The minimum Gasteiger partial charge on any atom is -0.356 e. The lowest BCUT2D eigenvalue weighted by atomic mass is 9.33. The monoisotopic (exact) mass is 1450 g/mol. The summed E-state index contributed by atoms with van der Waals surface area (Å²) in [7, 11) is 0. The van der Waals surface area contributed by atoms with E-state index in [1.165, 1.54) is 122 Å². The van der Waals surface area contributed by atoms with Crippen molar-refractivity contribution >= 4 is 135 Å². The van der Waals surface area contributed by atoms with Gasteiger partial charge >= 0.3 is 0 Å². The van der Waals surface area contributed by atoms with Crippen LogP contribution in [-0.2, 0) is 13.1 Å². The Kier molecular flexibility index (Phi) is 16.6. The third kappa shape index (κ3) is 11.4. The normalized spacial score (nSPS) is 12.6. The summed E-state index contributed by atoms with van der Waals surface area (Å²) in [5.74, 6) is 1.89. The van der Waals surface area contributed by atoms with Gasteiger partial charge in [-0.3, -0.25) is 19.1 Å². The molecule has 0 bridgehead atoms. The van der Waals surface area contributed by atoms with Gasteiger partial charge in [0.25, 0.3) is 13.4 Å². The molecular weight excluding hydrogens is 1370 g/mol. The Balaban J connectivity index is 0.000000150. The zero-order valence-corrected chi connectivity index (χ0v) is 63.2. The van der Waals surface area contributed by atoms with E-state index >= 15 is 0 Å². The van der Waals surface area contributed by atoms with Crippen LogP contribution in [0.1, 0.15) is 51.9 Å². The minimum atomic E-state index is -0.0594. The van der Waals surface area contributed by atoms with Gasteiger partial charge in [0.1, 0.15) is 11.6 Å². The van der Waals surface area contributed by atoms with Crippen molar-refractivity contribution in [2.24, 2.45) is 0 Å². The highest BCUT2D eigenvalue weighted by molar-refractivity contribution is 7.01. The first-order chi connectivity index (χ1) is 55.0. The molecular formula is C101H80B2N10. The summed E-state index contributed by atoms with van der Waals surface area (Å²) in [6.07, 6.45) is 3.86. The van der Waals surface area contributed by atoms with Crippen molar-refractivity contribution in [1.29, 1.82) is 0 Å². The number of hydrogen-bond acceptors (Lipinski definition) is 8. The Hall–Kier alpha value is -13.8. The number of benzene rings is 14. The lowest BCUT2D eigenvalue weighted by Gasteiger charge is -2.44. The second kappa shape index (κ2) is 27.3. The molecule has 0 amide bonds. The molecule has 0 saturated carbocycles. The average molecular weight is 1460 g/mol. The van der Waals surface area contributed by atoms with Crippen LogP contribution in [0.5, 0.6) is 0 Å². The van der Waals surface area contributed by atoms with Gasteiger partial charge in [0.15, 0.2) is 0 Å². The van der Waals surface area contributed by atoms with E-state index in [1.807, 2.05) is 12.4 Å². The van der Waals surface area contributed by atoms with Gasteiger partial charge in [-0.1, -0.05) is 225 Å². The quantitative estimate of drug-likeness (QED) is 0.131. The number of fused-ring (bicyclic) bond motifs is 12. The topological polar surface area (TPSA) is 92.0 Å². The Morgan fingerprint density at radius 3 is 1.20 bits per heavy atom. The molecule has 10 nitrogen and oxygen atoms in total. The predicted molar refractivity (Wildman–Crippen MR) is 476 cm³/mol. The van der Waals surface area contributed by atoms with Gasteiger partial charge in [-0.25, -0.2) is 9.97 Å². The summed E-state index contributed by atoms with van der Waals surface area (Å²) in [4.78, 5) is 25.7. The van der Waals surface area contributed by atoms with E-state index < -0.39 is 0 Å². The molecule has 22 rings (SSSR count). The maximum Gasteiger partial charge on any atom is 0.252 e. The standard InChI is InChI=1S/C57H44BN5.C43H32BN5.CH4/c1-37-31-38(2)56(39(3)32-37)63-51-22-13-12-21-48(51)60-57(63)44-26-28-50-47(34-44)58-46-33-43(55-45-20-11-10-19-42(45)29-30-59-55)25-27-49(46)61(35-40-15-6-4-7-16-40)52-23-14-24-53(54(52)58)62(50)36-41-17-8-5-9-18-41;1-25-21-26(2)42(27(3)22-25)49-39-14-7-6-11-36(39)48-43(49)30-16-18-35-33(24-30)44-32-23-29(41-31-10-5-4-9-28(31)19-20-45-41)15-17-34(32)46-37-12-8-13-38(47-35)40(37)44;/h4-34H,35-36H2,1-3H3;4-24,46-47H,1-3H3;1H4. The molecule has 0 aliphatic carbocycles. The fourth-order valence-corrected chi connectivity index (χ4v) is 18.9. The molecule has 0 saturated heterocycles. The molecule has 18 aromatic rings. The van der Waals surface area contributed by atoms with Gasteiger partial charge in [0.05, 0.1) is 44.8 Å². The smallest absolute Gasteiger partial charge is 0.252 e. The van der Waals surface area contributed by atoms with Crippen LogP contribution >= 0.6 is 0 Å². The maximum absolute atomic E-state index is 5.45. The number of anilines is 8. The number of hydrogen-bond donors (Lipinski definition) is 2. The van der Waals surface area contributed by atoms with Gasteiger partial charge in [0.2, 0.25) is 0 Å². The number of aromatic nitrogens is 6. The second-order valence-electron chi connectivity index (χ2n) is 30.7. The van der Waals surface area contributed by atoms with Crippen molar-refractivity contribution < 1.29 is 0 Å². The van der Waals surface area contributed by atoms with Crippen molar-refractivity contribution in [2.45, 2.75) is 62.1 Å². The molecule has 14 aromatic carbocycles. The molecule has 8 heterocycles. The van der Waals surface area contributed by atoms with Crippen LogP contribution in [-0.4, -0.2) is 42.5 Å². The van der Waals surface area contributed by atoms with Gasteiger partial charge in [0, 0.05) is 104 Å². The van der Waals surface area contributed by atoms with Gasteiger partial charge in [-0.05, 0) is 216 Å². The third-order valence-electron chi connectivity index (χ3n) is 23.5. The predicted octanol–water partition coefficient (Wildman–Crippen LogP) is 20.8. The number of pyridine rings is 2. The summed E-state index contributed by atoms with van der Waals surface area (Å²) in [6, 6.07) is 110. The van der Waals surface area contributed by atoms with Crippen LogP contribution < -0.4 is 53.2 Å². The van der Waals surface area contributed by atoms with E-state index in [0.29, 0.717) is 0 Å². The van der Waals surface area contributed by atoms with Crippen molar-refractivity contribution in [2.75, 3.05) is 20.4 Å². The highest BCUT2D eigenvalue weighted by Crippen LogP contribution is 2.44. The van der Waals surface area contributed by atoms with Gasteiger partial charge in [-0.15, -0.1) is 0 Å². The SMILES string of the molecule is C.Cc1cc(C)c(-n2c(-c3ccc4c(c3)B3c5cc(-c6nccc7ccccc67)ccc5N(Cc5ccccc5)c5cccc(c53)N4Cc3ccccc3)nc3ccccc32)c(C)c1.Cc1cc(C)c(-n2c(-c3ccc4c(c3)B3c5cc(-c6nccc7ccccc67)ccc5Nc5cccc(c53)N4)nc3ccccc32)c(C)c1. The first kappa shape index (κ1) is 68.4. The molecule has 4 aromatic heterocycles. The van der Waals surface area contributed by atoms with Crippen molar-refractivity contribution in [1.82, 2.24) is 29.1 Å². The highest BCUT2D eigenvalue weighted by atomic mass is 15.2. The average Bonchev–Trinajstić information content (AvgIpc) is 0.831. The van der Waals surface area contributed by atoms with Crippen molar-refractivity contribution in [3.63, 3.8) is 0 Å². The molecule has 113 heavy (non-hydrogen) atoms. The lowest BCUT2D eigenvalue weighted by Crippen LogP contribution is -2.62. The van der Waals surface area contributed by atoms with Gasteiger partial charge < -0.3 is 20.4 Å². The molecule has 4 aliphatic heterocycles. The van der Waals surface area contributed by atoms with Crippen molar-refractivity contribution in [3.05, 3.63) is 360 Å². The summed E-state index contributed by atoms with van der Waals surface area (Å²) < 4.78 is 4.75. The summed E-state index contributed by atoms with van der Waals surface area (Å²) in [5.41, 5.74) is 39.9. The van der Waals surface area contributed by atoms with Crippen LogP contribution in [0.3, 0.4) is 0 Å². The molecule has 0 spiro atoms. The van der Waals surface area contributed by atoms with Crippen LogP contribution in [0.2, 0.25) is 0 Å². The van der Waals surface area contributed by atoms with E-state index in [4.69, 9.17) is 19.9 Å². The van der Waals surface area contributed by atoms with Crippen molar-refractivity contribution in [3.8, 4) is 56.7 Å². The van der Waals surface area contributed by atoms with E-state index in [1.54, 1.807) is 0 Å². The lowest BCUT2D eigenvalue weighted by molar-refractivity contribution is 0.961. The first-order valence-electron chi connectivity index (χ1n) is 38.8. The second-order valence-corrected chi connectivity index (χ2v) is 30.7. The maximum atomic E-state index is 5.45. The summed E-state index contributed by atoms with van der Waals surface area (Å²) in [6.45, 7) is 14.7. The zero-order chi connectivity index (χ0) is 75.0. The minimum absolute atomic E-state index is 0. The Bertz CT molecular complexity index is 6820. The number of para-hydroxylation sites is 4. The Labute approximate surface area is 659 Å². The molecule has 0 atom stereocenters. The van der Waals surface area contributed by atoms with E-state index in [0.717, 1.165) is 114 Å². The number of nitrogens with zero attached hydrogens (tertiary/aromatic N) is 8. The highest BCUT2D eigenvalue weighted by Gasteiger charge is 2.44. The third-order valence-corrected chi connectivity index (χ3v) is 23.5. The zero-order valence-electron chi connectivity index (χ0n) is 63.2. The van der Waals surface area contributed by atoms with E-state index in [9.17, 15) is 0 Å². The number of nitrogens with one attached hydrogen (secondary N) is 2. The number of imidazole rings is 2. The molecule has 4 aliphatic rings. The summed E-state index contributed by atoms with van der Waals surface area (Å²) in [5, 5.41) is 12.2. The molecule has 540 valence electrons. The largest absolute Gasteiger partial charge is 0.356 e. The Morgan fingerprint density at radius 2 is 0.708 bits per heavy atom.